The summed E-state index contributed by atoms with van der Waals surface area (Å²) in [5.41, 5.74) is 1.70. The van der Waals surface area contributed by atoms with E-state index >= 15 is 0 Å². The zero-order valence-electron chi connectivity index (χ0n) is 21.9. The van der Waals surface area contributed by atoms with Crippen molar-refractivity contribution in [2.24, 2.45) is 0 Å². The number of alkyl carbamates (subject to hydrolysis) is 1. The van der Waals surface area contributed by atoms with Gasteiger partial charge in [-0.2, -0.15) is 0 Å². The molecule has 1 aromatic rings. The van der Waals surface area contributed by atoms with Crippen LogP contribution in [0.4, 0.5) is 10.5 Å². The van der Waals surface area contributed by atoms with E-state index in [4.69, 9.17) is 4.74 Å². The number of likely N-dealkylation sites (tertiary alicyclic amines) is 1. The van der Waals surface area contributed by atoms with Gasteiger partial charge in [-0.25, -0.2) is 4.79 Å². The van der Waals surface area contributed by atoms with Gasteiger partial charge in [0.1, 0.15) is 5.60 Å². The minimum Gasteiger partial charge on any atom is -0.444 e. The van der Waals surface area contributed by atoms with E-state index in [0.717, 1.165) is 70.8 Å². The molecular weight excluding hydrogens is 458 g/mol. The number of ether oxygens (including phenoxy) is 1. The molecule has 1 aromatic carbocycles. The van der Waals surface area contributed by atoms with Crippen LogP contribution in [0.1, 0.15) is 57.9 Å². The molecule has 0 radical (unpaired) electrons. The topological polar surface area (TPSA) is 94.2 Å². The predicted molar refractivity (Wildman–Crippen MR) is 139 cm³/mol. The van der Waals surface area contributed by atoms with Crippen molar-refractivity contribution in [2.75, 3.05) is 57.3 Å². The maximum Gasteiger partial charge on any atom is 0.407 e. The van der Waals surface area contributed by atoms with Gasteiger partial charge in [0, 0.05) is 70.5 Å². The Hall–Kier alpha value is -2.65. The Kier molecular flexibility index (Phi) is 8.51. The van der Waals surface area contributed by atoms with Crippen LogP contribution < -0.4 is 15.5 Å². The highest BCUT2D eigenvalue weighted by Gasteiger charge is 2.28. The van der Waals surface area contributed by atoms with Gasteiger partial charge in [0.2, 0.25) is 11.8 Å². The van der Waals surface area contributed by atoms with E-state index in [1.807, 2.05) is 32.9 Å². The molecule has 3 aliphatic rings. The van der Waals surface area contributed by atoms with Crippen molar-refractivity contribution in [1.82, 2.24) is 20.4 Å². The molecule has 3 saturated heterocycles. The van der Waals surface area contributed by atoms with Crippen molar-refractivity contribution in [2.45, 2.75) is 64.0 Å². The zero-order chi connectivity index (χ0) is 25.7. The Bertz CT molecular complexity index is 913. The van der Waals surface area contributed by atoms with Gasteiger partial charge in [0.05, 0.1) is 5.92 Å². The van der Waals surface area contributed by atoms with Crippen LogP contribution in [0.15, 0.2) is 24.3 Å². The molecule has 0 saturated carbocycles. The largest absolute Gasteiger partial charge is 0.444 e. The third-order valence-electron chi connectivity index (χ3n) is 7.31. The monoisotopic (exact) mass is 499 g/mol. The van der Waals surface area contributed by atoms with Crippen LogP contribution in [-0.2, 0) is 14.3 Å². The van der Waals surface area contributed by atoms with Crippen molar-refractivity contribution < 1.29 is 19.1 Å². The molecule has 9 nitrogen and oxygen atoms in total. The molecule has 0 aliphatic carbocycles. The van der Waals surface area contributed by atoms with Crippen molar-refractivity contribution >= 4 is 23.6 Å². The highest BCUT2D eigenvalue weighted by atomic mass is 16.6. The summed E-state index contributed by atoms with van der Waals surface area (Å²) >= 11 is 0. The number of hydrogen-bond acceptors (Lipinski definition) is 7. The first-order valence-corrected chi connectivity index (χ1v) is 13.3. The smallest absolute Gasteiger partial charge is 0.407 e. The Morgan fingerprint density at radius 2 is 1.56 bits per heavy atom. The van der Waals surface area contributed by atoms with Crippen molar-refractivity contribution in [1.29, 1.82) is 0 Å². The fraction of sp³-hybridized carbons (Fsp3) is 0.667. The third-order valence-corrected chi connectivity index (χ3v) is 7.31. The van der Waals surface area contributed by atoms with Gasteiger partial charge in [-0.15, -0.1) is 0 Å². The Morgan fingerprint density at radius 1 is 0.944 bits per heavy atom. The fourth-order valence-electron chi connectivity index (χ4n) is 5.22. The zero-order valence-corrected chi connectivity index (χ0v) is 21.9. The molecule has 198 valence electrons. The second kappa shape index (κ2) is 11.6. The number of amides is 3. The van der Waals surface area contributed by atoms with Gasteiger partial charge >= 0.3 is 6.09 Å². The molecule has 1 atom stereocenters. The number of nitrogens with zero attached hydrogens (tertiary/aromatic N) is 3. The number of carbonyl (C=O) groups is 3. The Morgan fingerprint density at radius 3 is 2.14 bits per heavy atom. The molecule has 36 heavy (non-hydrogen) atoms. The van der Waals surface area contributed by atoms with Crippen molar-refractivity contribution in [3.8, 4) is 0 Å². The molecule has 9 heteroatoms. The van der Waals surface area contributed by atoms with E-state index in [9.17, 15) is 14.4 Å². The molecule has 4 rings (SSSR count). The number of anilines is 1. The van der Waals surface area contributed by atoms with Gasteiger partial charge < -0.3 is 19.9 Å². The number of imide groups is 1. The summed E-state index contributed by atoms with van der Waals surface area (Å²) in [5, 5.41) is 5.45. The van der Waals surface area contributed by atoms with Crippen LogP contribution in [-0.4, -0.2) is 91.7 Å². The maximum atomic E-state index is 12.1. The van der Waals surface area contributed by atoms with Crippen LogP contribution in [0, 0.1) is 0 Å². The minimum atomic E-state index is -0.464. The standard InChI is InChI=1S/C27H41N5O4/c1-27(2,3)36-26(35)28-21-10-12-30(13-11-21)14-15-31-16-18-32(19-17-31)22-6-4-20(5-7-22)23-8-9-24(33)29-25(23)34/h4-7,21,23H,8-19H2,1-3H3,(H,28,35)(H,29,33,34). The van der Waals surface area contributed by atoms with E-state index in [1.54, 1.807) is 0 Å². The van der Waals surface area contributed by atoms with Crippen molar-refractivity contribution in [3.63, 3.8) is 0 Å². The van der Waals surface area contributed by atoms with Gasteiger partial charge in [0.25, 0.3) is 0 Å². The lowest BCUT2D eigenvalue weighted by Crippen LogP contribution is -2.50. The van der Waals surface area contributed by atoms with E-state index in [-0.39, 0.29) is 29.9 Å². The van der Waals surface area contributed by atoms with Crippen LogP contribution in [0.2, 0.25) is 0 Å². The number of benzene rings is 1. The fourth-order valence-corrected chi connectivity index (χ4v) is 5.22. The molecule has 0 spiro atoms. The number of piperidine rings is 2. The van der Waals surface area contributed by atoms with Crippen LogP contribution in [0.3, 0.4) is 0 Å². The molecule has 0 aromatic heterocycles. The van der Waals surface area contributed by atoms with E-state index in [2.05, 4.69) is 37.5 Å². The maximum absolute atomic E-state index is 12.1. The first kappa shape index (κ1) is 26.4. The van der Waals surface area contributed by atoms with Gasteiger partial charge in [-0.3, -0.25) is 19.8 Å². The second-order valence-electron chi connectivity index (χ2n) is 11.2. The van der Waals surface area contributed by atoms with Crippen LogP contribution in [0.5, 0.6) is 0 Å². The summed E-state index contributed by atoms with van der Waals surface area (Å²) in [6, 6.07) is 8.46. The summed E-state index contributed by atoms with van der Waals surface area (Å²) in [5.74, 6) is -0.590. The van der Waals surface area contributed by atoms with E-state index < -0.39 is 5.60 Å². The highest BCUT2D eigenvalue weighted by Crippen LogP contribution is 2.27. The number of carbonyl (C=O) groups excluding carboxylic acids is 3. The summed E-state index contributed by atoms with van der Waals surface area (Å²) in [4.78, 5) is 43.0. The first-order valence-electron chi connectivity index (χ1n) is 13.3. The average molecular weight is 500 g/mol. The number of rotatable bonds is 6. The molecule has 3 amide bonds. The minimum absolute atomic E-state index is 0.176. The van der Waals surface area contributed by atoms with E-state index in [1.165, 1.54) is 5.69 Å². The molecule has 0 bridgehead atoms. The lowest BCUT2D eigenvalue weighted by molar-refractivity contribution is -0.134. The molecule has 3 fully saturated rings. The molecule has 3 aliphatic heterocycles. The Labute approximate surface area is 214 Å². The van der Waals surface area contributed by atoms with Crippen LogP contribution >= 0.6 is 0 Å². The summed E-state index contributed by atoms with van der Waals surface area (Å²) < 4.78 is 5.37. The number of hydrogen-bond donors (Lipinski definition) is 2. The second-order valence-corrected chi connectivity index (χ2v) is 11.2. The lowest BCUT2D eigenvalue weighted by atomic mass is 9.90. The van der Waals surface area contributed by atoms with Gasteiger partial charge in [-0.1, -0.05) is 12.1 Å². The van der Waals surface area contributed by atoms with Crippen LogP contribution in [0.25, 0.3) is 0 Å². The first-order chi connectivity index (χ1) is 17.2. The Balaban J connectivity index is 1.14. The average Bonchev–Trinajstić information content (AvgIpc) is 2.83. The summed E-state index contributed by atoms with van der Waals surface area (Å²) in [6.07, 6.45) is 2.59. The van der Waals surface area contributed by atoms with Crippen molar-refractivity contribution in [3.05, 3.63) is 29.8 Å². The molecule has 2 N–H and O–H groups in total. The van der Waals surface area contributed by atoms with Gasteiger partial charge in [0.15, 0.2) is 0 Å². The third kappa shape index (κ3) is 7.43. The molecule has 1 unspecified atom stereocenters. The quantitative estimate of drug-likeness (QED) is 0.580. The summed E-state index contributed by atoms with van der Waals surface area (Å²) in [7, 11) is 0. The lowest BCUT2D eigenvalue weighted by Gasteiger charge is -2.38. The molecular formula is C27H41N5O4. The normalized spacial score (nSPS) is 22.9. The SMILES string of the molecule is CC(C)(C)OC(=O)NC1CCN(CCN2CCN(c3ccc(C4CCC(=O)NC4=O)cc3)CC2)CC1. The highest BCUT2D eigenvalue weighted by molar-refractivity contribution is 6.00. The number of nitrogens with one attached hydrogen (secondary N) is 2. The van der Waals surface area contributed by atoms with Gasteiger partial charge in [-0.05, 0) is 57.7 Å². The van der Waals surface area contributed by atoms with E-state index in [0.29, 0.717) is 12.8 Å². The molecule has 3 heterocycles. The number of piperazine rings is 1. The summed E-state index contributed by atoms with van der Waals surface area (Å²) in [6.45, 7) is 13.8. The predicted octanol–water partition coefficient (Wildman–Crippen LogP) is 2.32.